The van der Waals surface area contributed by atoms with Gasteiger partial charge in [-0.3, -0.25) is 0 Å². The number of aromatic hydroxyl groups is 1. The monoisotopic (exact) mass is 266 g/mol. The van der Waals surface area contributed by atoms with Crippen LogP contribution in [0.3, 0.4) is 0 Å². The molecule has 100 valence electrons. The minimum Gasteiger partial charge on any atom is -0.508 e. The average Bonchev–Trinajstić information content (AvgIpc) is 2.46. The Labute approximate surface area is 116 Å². The summed E-state index contributed by atoms with van der Waals surface area (Å²) < 4.78 is 0. The van der Waals surface area contributed by atoms with E-state index in [1.165, 1.54) is 12.4 Å². The van der Waals surface area contributed by atoms with Crippen LogP contribution in [0.15, 0.2) is 54.9 Å². The number of aromatic nitrogens is 2. The molecule has 0 bridgehead atoms. The first-order chi connectivity index (χ1) is 9.59. The second kappa shape index (κ2) is 4.58. The van der Waals surface area contributed by atoms with Crippen LogP contribution >= 0.6 is 0 Å². The van der Waals surface area contributed by atoms with Crippen LogP contribution in [0.2, 0.25) is 0 Å². The number of rotatable bonds is 2. The molecule has 4 heteroatoms. The number of phenols is 1. The summed E-state index contributed by atoms with van der Waals surface area (Å²) in [5, 5.41) is 21.3. The maximum Gasteiger partial charge on any atom is 0.129 e. The van der Waals surface area contributed by atoms with Gasteiger partial charge in [0.15, 0.2) is 0 Å². The van der Waals surface area contributed by atoms with Gasteiger partial charge in [0, 0.05) is 5.39 Å². The molecule has 0 aliphatic rings. The van der Waals surface area contributed by atoms with Crippen LogP contribution in [0.1, 0.15) is 18.2 Å². The van der Waals surface area contributed by atoms with Crippen LogP contribution in [-0.4, -0.2) is 20.2 Å². The Bertz CT molecular complexity index is 764. The number of benzene rings is 2. The fraction of sp³-hybridized carbons (Fsp3) is 0.125. The Morgan fingerprint density at radius 1 is 1.00 bits per heavy atom. The second-order valence-corrected chi connectivity index (χ2v) is 4.86. The maximum absolute atomic E-state index is 10.9. The van der Waals surface area contributed by atoms with Crippen molar-refractivity contribution in [3.05, 3.63) is 66.1 Å². The number of nitrogens with zero attached hydrogens (tertiary/aromatic N) is 2. The number of hydrogen-bond donors (Lipinski definition) is 2. The molecule has 2 aromatic carbocycles. The fourth-order valence-electron chi connectivity index (χ4n) is 2.34. The third-order valence-corrected chi connectivity index (χ3v) is 3.41. The molecule has 3 aromatic rings. The molecule has 0 amide bonds. The van der Waals surface area contributed by atoms with Crippen molar-refractivity contribution >= 4 is 10.9 Å². The number of para-hydroxylation sites is 1. The number of fused-ring (bicyclic) bond motifs is 1. The zero-order valence-corrected chi connectivity index (χ0v) is 11.0. The van der Waals surface area contributed by atoms with Crippen LogP contribution in [0.4, 0.5) is 0 Å². The summed E-state index contributed by atoms with van der Waals surface area (Å²) in [5.41, 5.74) is 0.578. The van der Waals surface area contributed by atoms with Gasteiger partial charge in [0.2, 0.25) is 0 Å². The third kappa shape index (κ3) is 2.00. The summed E-state index contributed by atoms with van der Waals surface area (Å²) in [6.07, 6.45) is 1.44. The molecule has 0 saturated heterocycles. The smallest absolute Gasteiger partial charge is 0.129 e. The fourth-order valence-corrected chi connectivity index (χ4v) is 2.34. The van der Waals surface area contributed by atoms with E-state index in [0.717, 1.165) is 10.9 Å². The zero-order valence-electron chi connectivity index (χ0n) is 11.0. The molecular weight excluding hydrogens is 252 g/mol. The molecule has 20 heavy (non-hydrogen) atoms. The first-order valence-electron chi connectivity index (χ1n) is 6.31. The van der Waals surface area contributed by atoms with Crippen molar-refractivity contribution in [2.24, 2.45) is 0 Å². The molecule has 0 spiro atoms. The minimum atomic E-state index is -1.30. The summed E-state index contributed by atoms with van der Waals surface area (Å²) in [6.45, 7) is 1.66. The van der Waals surface area contributed by atoms with E-state index < -0.39 is 5.60 Å². The van der Waals surface area contributed by atoms with Crippen LogP contribution in [0.25, 0.3) is 10.9 Å². The molecule has 0 saturated carbocycles. The molecule has 1 heterocycles. The standard InChI is InChI=1S/C16H14N2O2/c1-16(20,11-5-4-6-12(19)9-11)15-13-7-2-3-8-14(13)17-10-18-15/h2-10,19-20H,1H3. The minimum absolute atomic E-state index is 0.112. The second-order valence-electron chi connectivity index (χ2n) is 4.86. The van der Waals surface area contributed by atoms with Gasteiger partial charge in [-0.2, -0.15) is 0 Å². The highest BCUT2D eigenvalue weighted by Crippen LogP contribution is 2.33. The Morgan fingerprint density at radius 3 is 2.60 bits per heavy atom. The summed E-state index contributed by atoms with van der Waals surface area (Å²) in [6, 6.07) is 14.1. The zero-order chi connectivity index (χ0) is 14.2. The quantitative estimate of drug-likeness (QED) is 0.748. The molecule has 0 fully saturated rings. The molecule has 1 unspecified atom stereocenters. The lowest BCUT2D eigenvalue weighted by Gasteiger charge is -2.24. The molecule has 4 nitrogen and oxygen atoms in total. The van der Waals surface area contributed by atoms with Gasteiger partial charge < -0.3 is 10.2 Å². The highest BCUT2D eigenvalue weighted by Gasteiger charge is 2.29. The molecule has 0 radical (unpaired) electrons. The highest BCUT2D eigenvalue weighted by atomic mass is 16.3. The van der Waals surface area contributed by atoms with Crippen LogP contribution in [-0.2, 0) is 5.60 Å². The molecule has 1 atom stereocenters. The normalized spacial score (nSPS) is 14.1. The molecule has 0 aliphatic heterocycles. The van der Waals surface area contributed by atoms with Gasteiger partial charge in [0.1, 0.15) is 17.7 Å². The lowest BCUT2D eigenvalue weighted by molar-refractivity contribution is 0.0987. The summed E-state index contributed by atoms with van der Waals surface area (Å²) in [4.78, 5) is 8.44. The average molecular weight is 266 g/mol. The summed E-state index contributed by atoms with van der Waals surface area (Å²) in [5.74, 6) is 0.112. The van der Waals surface area contributed by atoms with Gasteiger partial charge >= 0.3 is 0 Å². The van der Waals surface area contributed by atoms with E-state index in [2.05, 4.69) is 9.97 Å². The first-order valence-corrected chi connectivity index (χ1v) is 6.31. The van der Waals surface area contributed by atoms with Gasteiger partial charge in [-0.15, -0.1) is 0 Å². The van der Waals surface area contributed by atoms with Crippen molar-refractivity contribution < 1.29 is 10.2 Å². The molecule has 2 N–H and O–H groups in total. The van der Waals surface area contributed by atoms with Gasteiger partial charge in [0.25, 0.3) is 0 Å². The third-order valence-electron chi connectivity index (χ3n) is 3.41. The largest absolute Gasteiger partial charge is 0.508 e. The topological polar surface area (TPSA) is 66.2 Å². The predicted molar refractivity (Wildman–Crippen MR) is 76.3 cm³/mol. The predicted octanol–water partition coefficient (Wildman–Crippen LogP) is 2.59. The van der Waals surface area contributed by atoms with Crippen molar-refractivity contribution in [1.82, 2.24) is 9.97 Å². The summed E-state index contributed by atoms with van der Waals surface area (Å²) >= 11 is 0. The van der Waals surface area contributed by atoms with E-state index in [1.807, 2.05) is 24.3 Å². The molecule has 1 aromatic heterocycles. The van der Waals surface area contributed by atoms with Gasteiger partial charge in [-0.1, -0.05) is 30.3 Å². The van der Waals surface area contributed by atoms with Crippen molar-refractivity contribution in [3.63, 3.8) is 0 Å². The van der Waals surface area contributed by atoms with E-state index >= 15 is 0 Å². The number of phenolic OH excluding ortho intramolecular Hbond substituents is 1. The van der Waals surface area contributed by atoms with Crippen LogP contribution < -0.4 is 0 Å². The SMILES string of the molecule is CC(O)(c1cccc(O)c1)c1ncnc2ccccc12. The van der Waals surface area contributed by atoms with Crippen LogP contribution in [0.5, 0.6) is 5.75 Å². The van der Waals surface area contributed by atoms with E-state index in [9.17, 15) is 10.2 Å². The first kappa shape index (κ1) is 12.6. The van der Waals surface area contributed by atoms with Crippen molar-refractivity contribution in [3.8, 4) is 5.75 Å². The molecule has 3 rings (SSSR count). The van der Waals surface area contributed by atoms with Gasteiger partial charge in [0.05, 0.1) is 11.2 Å². The van der Waals surface area contributed by atoms with Crippen molar-refractivity contribution in [2.45, 2.75) is 12.5 Å². The van der Waals surface area contributed by atoms with Gasteiger partial charge in [-0.05, 0) is 30.7 Å². The van der Waals surface area contributed by atoms with Crippen molar-refractivity contribution in [2.75, 3.05) is 0 Å². The summed E-state index contributed by atoms with van der Waals surface area (Å²) in [7, 11) is 0. The lowest BCUT2D eigenvalue weighted by Crippen LogP contribution is -2.24. The number of aliphatic hydroxyl groups is 1. The van der Waals surface area contributed by atoms with E-state index in [-0.39, 0.29) is 5.75 Å². The van der Waals surface area contributed by atoms with Gasteiger partial charge in [-0.25, -0.2) is 9.97 Å². The molecular formula is C16H14N2O2. The molecule has 0 aliphatic carbocycles. The Hall–Kier alpha value is -2.46. The Morgan fingerprint density at radius 2 is 1.80 bits per heavy atom. The Kier molecular flexibility index (Phi) is 2.88. The van der Waals surface area contributed by atoms with Crippen LogP contribution in [0, 0.1) is 0 Å². The maximum atomic E-state index is 10.9. The lowest BCUT2D eigenvalue weighted by atomic mass is 9.90. The van der Waals surface area contributed by atoms with E-state index in [0.29, 0.717) is 11.3 Å². The number of hydrogen-bond acceptors (Lipinski definition) is 4. The van der Waals surface area contributed by atoms with E-state index in [4.69, 9.17) is 0 Å². The van der Waals surface area contributed by atoms with Crippen molar-refractivity contribution in [1.29, 1.82) is 0 Å². The van der Waals surface area contributed by atoms with E-state index in [1.54, 1.807) is 25.1 Å². The Balaban J connectivity index is 2.23. The highest BCUT2D eigenvalue weighted by molar-refractivity contribution is 5.81.